The molecule has 0 saturated carbocycles. The van der Waals surface area contributed by atoms with E-state index in [1.165, 1.54) is 19.2 Å². The van der Waals surface area contributed by atoms with Crippen molar-refractivity contribution in [2.45, 2.75) is 6.92 Å². The van der Waals surface area contributed by atoms with Crippen molar-refractivity contribution < 1.29 is 14.7 Å². The van der Waals surface area contributed by atoms with E-state index in [0.29, 0.717) is 11.1 Å². The topological polar surface area (TPSA) is 79.3 Å². The summed E-state index contributed by atoms with van der Waals surface area (Å²) in [6, 6.07) is 6.74. The predicted octanol–water partition coefficient (Wildman–Crippen LogP) is 1.89. The molecule has 0 bridgehead atoms. The summed E-state index contributed by atoms with van der Waals surface area (Å²) in [5.41, 5.74) is 0.608. The van der Waals surface area contributed by atoms with Crippen LogP contribution in [0, 0.1) is 0 Å². The van der Waals surface area contributed by atoms with E-state index in [2.05, 4.69) is 10.3 Å². The molecule has 0 aliphatic heterocycles. The van der Waals surface area contributed by atoms with E-state index in [-0.39, 0.29) is 11.6 Å². The number of fused-ring (bicyclic) bond motifs is 1. The molecule has 0 saturated heterocycles. The van der Waals surface area contributed by atoms with Gasteiger partial charge in [-0.05, 0) is 17.5 Å². The van der Waals surface area contributed by atoms with Crippen molar-refractivity contribution in [2.75, 3.05) is 5.32 Å². The lowest BCUT2D eigenvalue weighted by Gasteiger charge is -2.06. The van der Waals surface area contributed by atoms with Crippen LogP contribution >= 0.6 is 0 Å². The Bertz CT molecular complexity index is 608. The Morgan fingerprint density at radius 2 is 2.12 bits per heavy atom. The van der Waals surface area contributed by atoms with Gasteiger partial charge in [0.25, 0.3) is 0 Å². The molecule has 0 radical (unpaired) electrons. The number of anilines is 1. The maximum absolute atomic E-state index is 11.0. The monoisotopic (exact) mass is 230 g/mol. The molecule has 0 atom stereocenters. The first-order valence-electron chi connectivity index (χ1n) is 4.97. The van der Waals surface area contributed by atoms with Crippen molar-refractivity contribution in [3.05, 3.63) is 36.2 Å². The van der Waals surface area contributed by atoms with Crippen LogP contribution in [0.3, 0.4) is 0 Å². The van der Waals surface area contributed by atoms with E-state index >= 15 is 0 Å². The normalized spacial score (nSPS) is 10.2. The number of carbonyl (C=O) groups excluding carboxylic acids is 1. The van der Waals surface area contributed by atoms with Crippen LogP contribution in [-0.4, -0.2) is 22.0 Å². The molecule has 5 nitrogen and oxygen atoms in total. The van der Waals surface area contributed by atoms with Crippen LogP contribution in [0.25, 0.3) is 10.8 Å². The Morgan fingerprint density at radius 3 is 2.76 bits per heavy atom. The van der Waals surface area contributed by atoms with E-state index < -0.39 is 5.97 Å². The third-order valence-corrected chi connectivity index (χ3v) is 2.29. The first kappa shape index (κ1) is 11.1. The summed E-state index contributed by atoms with van der Waals surface area (Å²) in [7, 11) is 0. The Balaban J connectivity index is 2.58. The third kappa shape index (κ3) is 2.23. The summed E-state index contributed by atoms with van der Waals surface area (Å²) < 4.78 is 0. The van der Waals surface area contributed by atoms with Crippen LogP contribution in [0.2, 0.25) is 0 Å². The van der Waals surface area contributed by atoms with E-state index in [0.717, 1.165) is 5.39 Å². The maximum atomic E-state index is 11.0. The molecule has 2 rings (SSSR count). The molecule has 1 amide bonds. The van der Waals surface area contributed by atoms with Gasteiger partial charge in [-0.15, -0.1) is 0 Å². The minimum atomic E-state index is -1.07. The van der Waals surface area contributed by atoms with Gasteiger partial charge in [0.2, 0.25) is 5.91 Å². The summed E-state index contributed by atoms with van der Waals surface area (Å²) >= 11 is 0. The largest absolute Gasteiger partial charge is 0.477 e. The predicted molar refractivity (Wildman–Crippen MR) is 63.0 cm³/mol. The zero-order valence-electron chi connectivity index (χ0n) is 9.10. The zero-order chi connectivity index (χ0) is 12.4. The molecule has 86 valence electrons. The molecule has 1 aromatic heterocycles. The Labute approximate surface area is 97.1 Å². The number of aromatic carboxylic acids is 1. The Kier molecular flexibility index (Phi) is 2.74. The highest BCUT2D eigenvalue weighted by molar-refractivity contribution is 6.02. The van der Waals surface area contributed by atoms with Gasteiger partial charge in [-0.2, -0.15) is 0 Å². The van der Waals surface area contributed by atoms with Crippen LogP contribution < -0.4 is 5.32 Å². The van der Waals surface area contributed by atoms with E-state index in [4.69, 9.17) is 5.11 Å². The summed E-state index contributed by atoms with van der Waals surface area (Å²) in [5.74, 6) is -1.25. The van der Waals surface area contributed by atoms with Crippen LogP contribution in [0.5, 0.6) is 0 Å². The smallest absolute Gasteiger partial charge is 0.354 e. The van der Waals surface area contributed by atoms with E-state index in [1.807, 2.05) is 0 Å². The van der Waals surface area contributed by atoms with Gasteiger partial charge in [0.1, 0.15) is 5.69 Å². The number of nitrogens with one attached hydrogen (secondary N) is 1. The number of nitrogens with zero attached hydrogens (tertiary/aromatic N) is 1. The fraction of sp³-hybridized carbons (Fsp3) is 0.0833. The lowest BCUT2D eigenvalue weighted by molar-refractivity contribution is -0.114. The SMILES string of the molecule is CC(=O)Nc1cccc2cc(C(=O)O)ncc12. The van der Waals surface area contributed by atoms with Gasteiger partial charge in [0.15, 0.2) is 0 Å². The number of carboxylic acids is 1. The van der Waals surface area contributed by atoms with Crippen molar-refractivity contribution in [2.24, 2.45) is 0 Å². The molecule has 0 spiro atoms. The Hall–Kier alpha value is -2.43. The van der Waals surface area contributed by atoms with Crippen LogP contribution in [0.1, 0.15) is 17.4 Å². The number of carbonyl (C=O) groups is 2. The molecule has 0 fully saturated rings. The standard InChI is InChI=1S/C12H10N2O3/c1-7(15)14-10-4-2-3-8-5-11(12(16)17)13-6-9(8)10/h2-6H,1H3,(H,14,15)(H,16,17). The minimum absolute atomic E-state index is 0.0162. The van der Waals surface area contributed by atoms with Crippen LogP contribution in [-0.2, 0) is 4.79 Å². The lowest BCUT2D eigenvalue weighted by Crippen LogP contribution is -2.06. The first-order valence-corrected chi connectivity index (χ1v) is 4.97. The van der Waals surface area contributed by atoms with Crippen molar-refractivity contribution in [1.82, 2.24) is 4.98 Å². The van der Waals surface area contributed by atoms with Crippen molar-refractivity contribution >= 4 is 28.3 Å². The second kappa shape index (κ2) is 4.21. The van der Waals surface area contributed by atoms with Crippen molar-refractivity contribution in [3.63, 3.8) is 0 Å². The van der Waals surface area contributed by atoms with Gasteiger partial charge in [-0.1, -0.05) is 12.1 Å². The van der Waals surface area contributed by atoms with Gasteiger partial charge in [0.05, 0.1) is 5.69 Å². The molecule has 2 aromatic rings. The summed E-state index contributed by atoms with van der Waals surface area (Å²) in [6.45, 7) is 1.41. The van der Waals surface area contributed by atoms with Crippen molar-refractivity contribution in [1.29, 1.82) is 0 Å². The average molecular weight is 230 g/mol. The highest BCUT2D eigenvalue weighted by atomic mass is 16.4. The van der Waals surface area contributed by atoms with E-state index in [1.54, 1.807) is 18.2 Å². The average Bonchev–Trinajstić information content (AvgIpc) is 2.28. The highest BCUT2D eigenvalue weighted by Gasteiger charge is 2.08. The molecule has 0 unspecified atom stereocenters. The van der Waals surface area contributed by atoms with Gasteiger partial charge in [-0.25, -0.2) is 9.78 Å². The Morgan fingerprint density at radius 1 is 1.35 bits per heavy atom. The molecule has 2 N–H and O–H groups in total. The number of hydrogen-bond acceptors (Lipinski definition) is 3. The number of hydrogen-bond donors (Lipinski definition) is 2. The first-order chi connectivity index (χ1) is 8.08. The fourth-order valence-electron chi connectivity index (χ4n) is 1.59. The molecule has 0 aliphatic rings. The number of benzene rings is 1. The number of rotatable bonds is 2. The highest BCUT2D eigenvalue weighted by Crippen LogP contribution is 2.23. The fourth-order valence-corrected chi connectivity index (χ4v) is 1.59. The van der Waals surface area contributed by atoms with Crippen LogP contribution in [0.15, 0.2) is 30.5 Å². The minimum Gasteiger partial charge on any atom is -0.477 e. The van der Waals surface area contributed by atoms with Crippen LogP contribution in [0.4, 0.5) is 5.69 Å². The van der Waals surface area contributed by atoms with Gasteiger partial charge in [-0.3, -0.25) is 4.79 Å². The molecular weight excluding hydrogens is 220 g/mol. The second-order valence-corrected chi connectivity index (χ2v) is 3.58. The molecule has 0 aliphatic carbocycles. The van der Waals surface area contributed by atoms with Gasteiger partial charge < -0.3 is 10.4 Å². The number of aromatic nitrogens is 1. The maximum Gasteiger partial charge on any atom is 0.354 e. The molecular formula is C12H10N2O3. The number of carboxylic acid groups (broad SMARTS) is 1. The number of pyridine rings is 1. The van der Waals surface area contributed by atoms with Crippen molar-refractivity contribution in [3.8, 4) is 0 Å². The molecule has 1 heterocycles. The lowest BCUT2D eigenvalue weighted by atomic mass is 10.1. The quantitative estimate of drug-likeness (QED) is 0.825. The summed E-state index contributed by atoms with van der Waals surface area (Å²) in [4.78, 5) is 25.6. The summed E-state index contributed by atoms with van der Waals surface area (Å²) in [5, 5.41) is 12.9. The van der Waals surface area contributed by atoms with Gasteiger partial charge in [0, 0.05) is 18.5 Å². The van der Waals surface area contributed by atoms with E-state index in [9.17, 15) is 9.59 Å². The number of amides is 1. The van der Waals surface area contributed by atoms with Gasteiger partial charge >= 0.3 is 5.97 Å². The second-order valence-electron chi connectivity index (χ2n) is 3.58. The molecule has 17 heavy (non-hydrogen) atoms. The summed E-state index contributed by atoms with van der Waals surface area (Å²) in [6.07, 6.45) is 1.45. The third-order valence-electron chi connectivity index (χ3n) is 2.29. The molecule has 1 aromatic carbocycles. The molecule has 5 heteroatoms. The zero-order valence-corrected chi connectivity index (χ0v) is 9.10.